The summed E-state index contributed by atoms with van der Waals surface area (Å²) in [4.78, 5) is 2.70. The van der Waals surface area contributed by atoms with Crippen molar-refractivity contribution in [1.82, 2.24) is 35.2 Å². The molecule has 0 spiro atoms. The second-order valence-electron chi connectivity index (χ2n) is 13.0. The maximum atomic E-state index is 13.2. The predicted octanol–water partition coefficient (Wildman–Crippen LogP) is 4.49. The van der Waals surface area contributed by atoms with Gasteiger partial charge in [0.2, 0.25) is 5.88 Å². The first kappa shape index (κ1) is 28.1. The highest BCUT2D eigenvalue weighted by atomic mass is 32.2. The Bertz CT molecular complexity index is 987. The van der Waals surface area contributed by atoms with Crippen molar-refractivity contribution in [3.05, 3.63) is 12.3 Å². The number of piperidine rings is 1. The minimum absolute atomic E-state index is 0.000573. The highest BCUT2D eigenvalue weighted by Crippen LogP contribution is 2.59. The summed E-state index contributed by atoms with van der Waals surface area (Å²) in [5.74, 6) is 1.57. The lowest BCUT2D eigenvalue weighted by molar-refractivity contribution is -0.190. The fourth-order valence-corrected chi connectivity index (χ4v) is 8.19. The number of hydrogen-bond donors (Lipinski definition) is 3. The predicted molar refractivity (Wildman–Crippen MR) is 146 cm³/mol. The number of aromatic nitrogens is 2. The Kier molecular flexibility index (Phi) is 7.91. The van der Waals surface area contributed by atoms with E-state index in [-0.39, 0.29) is 43.7 Å². The zero-order valence-corrected chi connectivity index (χ0v) is 24.0. The maximum Gasteiger partial charge on any atom is 0.394 e. The minimum Gasteiger partial charge on any atom is -0.477 e. The Morgan fingerprint density at radius 2 is 2.00 bits per heavy atom. The van der Waals surface area contributed by atoms with Gasteiger partial charge >= 0.3 is 6.18 Å². The molecular formula is C27H44F3N7OS. The molecule has 4 bridgehead atoms. The minimum atomic E-state index is -4.14. The summed E-state index contributed by atoms with van der Waals surface area (Å²) in [7, 11) is 0. The van der Waals surface area contributed by atoms with Crippen molar-refractivity contribution >= 4 is 11.9 Å². The lowest BCUT2D eigenvalue weighted by atomic mass is 9.90. The monoisotopic (exact) mass is 571 g/mol. The smallest absolute Gasteiger partial charge is 0.394 e. The van der Waals surface area contributed by atoms with E-state index in [9.17, 15) is 13.2 Å². The third-order valence-corrected chi connectivity index (χ3v) is 10.7. The molecule has 8 nitrogen and oxygen atoms in total. The van der Waals surface area contributed by atoms with Crippen molar-refractivity contribution in [2.75, 3.05) is 32.8 Å². The molecular weight excluding hydrogens is 527 g/mol. The molecule has 1 aromatic rings. The van der Waals surface area contributed by atoms with Crippen LogP contribution >= 0.6 is 11.9 Å². The first-order chi connectivity index (χ1) is 18.6. The Morgan fingerprint density at radius 1 is 1.15 bits per heavy atom. The van der Waals surface area contributed by atoms with E-state index in [1.165, 1.54) is 19.3 Å². The number of ether oxygens (including phenoxy) is 1. The van der Waals surface area contributed by atoms with Crippen LogP contribution in [-0.2, 0) is 0 Å². The van der Waals surface area contributed by atoms with Gasteiger partial charge in [0.25, 0.3) is 0 Å². The Hall–Kier alpha value is -1.05. The van der Waals surface area contributed by atoms with E-state index in [2.05, 4.69) is 44.3 Å². The summed E-state index contributed by atoms with van der Waals surface area (Å²) in [5, 5.41) is 11.4. The van der Waals surface area contributed by atoms with Gasteiger partial charge in [-0.05, 0) is 77.6 Å². The van der Waals surface area contributed by atoms with Crippen molar-refractivity contribution in [3.8, 4) is 5.88 Å². The highest BCUT2D eigenvalue weighted by Gasteiger charge is 2.62. The Morgan fingerprint density at radius 3 is 2.79 bits per heavy atom. The van der Waals surface area contributed by atoms with Crippen LogP contribution < -0.4 is 20.2 Å². The summed E-state index contributed by atoms with van der Waals surface area (Å²) < 4.78 is 51.0. The topological polar surface area (TPSA) is 69.6 Å². The number of rotatable bonds is 5. The largest absolute Gasteiger partial charge is 0.477 e. The van der Waals surface area contributed by atoms with Gasteiger partial charge in [0, 0.05) is 49.9 Å². The first-order valence-corrected chi connectivity index (χ1v) is 15.7. The molecule has 7 atom stereocenters. The van der Waals surface area contributed by atoms with Gasteiger partial charge in [-0.25, -0.2) is 10.4 Å². The Labute approximate surface area is 234 Å². The maximum absolute atomic E-state index is 13.2. The fraction of sp³-hybridized carbons (Fsp3) is 0.889. The van der Waals surface area contributed by atoms with Crippen LogP contribution in [0, 0.1) is 17.3 Å². The van der Waals surface area contributed by atoms with Gasteiger partial charge in [-0.15, -0.1) is 5.10 Å². The summed E-state index contributed by atoms with van der Waals surface area (Å²) in [6, 6.07) is 1.78. The van der Waals surface area contributed by atoms with E-state index < -0.39 is 11.6 Å². The molecule has 0 amide bonds. The van der Waals surface area contributed by atoms with E-state index in [4.69, 9.17) is 4.74 Å². The van der Waals surface area contributed by atoms with Crippen LogP contribution in [0.3, 0.4) is 0 Å². The molecule has 5 heterocycles. The summed E-state index contributed by atoms with van der Waals surface area (Å²) in [5.41, 5.74) is 2.24. The highest BCUT2D eigenvalue weighted by molar-refractivity contribution is 7.98. The van der Waals surface area contributed by atoms with Gasteiger partial charge in [-0.2, -0.15) is 13.2 Å². The second-order valence-corrected chi connectivity index (χ2v) is 14.1. The van der Waals surface area contributed by atoms with Crippen LogP contribution in [0.2, 0.25) is 0 Å². The molecule has 6 unspecified atom stereocenters. The van der Waals surface area contributed by atoms with Crippen LogP contribution in [0.1, 0.15) is 77.8 Å². The van der Waals surface area contributed by atoms with Crippen LogP contribution in [0.15, 0.2) is 12.3 Å². The quantitative estimate of drug-likeness (QED) is 0.447. The molecule has 4 saturated heterocycles. The standard InChI is InChI=1S/C27H44F3N7OS/c1-25(2)16-19-4-3-12-35-13-8-23(34-35)39-31-17-20-5-6-21(32-24(20)36(25)18-19)37-14-7-22(33-37)38-15-11-26(9-10-26)27(28,29)30/h7,14,19-21,23-24,31-32,34H,3-6,8-13,15-18H2,1-2H3/t19-,20?,21?,23?,24?/m0/s1. The van der Waals surface area contributed by atoms with Crippen LogP contribution in [0.4, 0.5) is 13.2 Å². The fourth-order valence-electron chi connectivity index (χ4n) is 7.25. The lowest BCUT2D eigenvalue weighted by Crippen LogP contribution is -2.60. The van der Waals surface area contributed by atoms with Crippen LogP contribution in [0.25, 0.3) is 0 Å². The number of nitrogens with one attached hydrogen (secondary N) is 3. The van der Waals surface area contributed by atoms with Crippen LogP contribution in [-0.4, -0.2) is 75.7 Å². The Balaban J connectivity index is 1.11. The van der Waals surface area contributed by atoms with Gasteiger partial charge in [0.15, 0.2) is 0 Å². The SMILES string of the molecule is CC1(C)C[C@@H]2CCCN3CCC(N3)SNCC3CCC(n4ccc(OCCC5(C(F)(F)F)CC5)n4)NC3N1C2. The van der Waals surface area contributed by atoms with E-state index >= 15 is 0 Å². The van der Waals surface area contributed by atoms with E-state index in [0.29, 0.717) is 23.1 Å². The van der Waals surface area contributed by atoms with Crippen molar-refractivity contribution in [2.24, 2.45) is 17.3 Å². The third-order valence-electron chi connectivity index (χ3n) is 9.76. The van der Waals surface area contributed by atoms with Crippen molar-refractivity contribution in [1.29, 1.82) is 0 Å². The van der Waals surface area contributed by atoms with Crippen LogP contribution in [0.5, 0.6) is 5.88 Å². The summed E-state index contributed by atoms with van der Waals surface area (Å²) >= 11 is 1.83. The molecule has 0 aromatic carbocycles. The lowest BCUT2D eigenvalue weighted by Gasteiger charge is -2.47. The second kappa shape index (κ2) is 11.0. The van der Waals surface area contributed by atoms with Gasteiger partial charge in [0.05, 0.1) is 23.6 Å². The average molecular weight is 572 g/mol. The number of halogens is 3. The molecule has 0 radical (unpaired) electrons. The average Bonchev–Trinajstić information content (AvgIpc) is 3.18. The number of hydrogen-bond acceptors (Lipinski definition) is 8. The molecule has 3 N–H and O–H groups in total. The van der Waals surface area contributed by atoms with Gasteiger partial charge in [-0.1, -0.05) is 11.9 Å². The van der Waals surface area contributed by atoms with E-state index in [1.807, 2.05) is 22.8 Å². The molecule has 1 saturated carbocycles. The molecule has 5 aliphatic rings. The molecule has 1 aliphatic carbocycles. The summed E-state index contributed by atoms with van der Waals surface area (Å²) in [6.07, 6.45) is 5.28. The molecule has 5 fully saturated rings. The number of fused-ring (bicyclic) bond motifs is 6. The molecule has 4 aliphatic heterocycles. The summed E-state index contributed by atoms with van der Waals surface area (Å²) in [6.45, 7) is 9.09. The normalized spacial score (nSPS) is 38.1. The van der Waals surface area contributed by atoms with Gasteiger partial charge < -0.3 is 4.74 Å². The zero-order chi connectivity index (χ0) is 27.3. The van der Waals surface area contributed by atoms with Gasteiger partial charge in [0.1, 0.15) is 6.17 Å². The number of nitrogens with zero attached hydrogens (tertiary/aromatic N) is 4. The van der Waals surface area contributed by atoms with E-state index in [0.717, 1.165) is 45.4 Å². The van der Waals surface area contributed by atoms with Gasteiger partial charge in [-0.3, -0.25) is 19.6 Å². The number of alkyl halides is 3. The molecule has 220 valence electrons. The van der Waals surface area contributed by atoms with Crippen molar-refractivity contribution in [3.63, 3.8) is 0 Å². The number of hydrazine groups is 1. The third kappa shape index (κ3) is 6.11. The zero-order valence-electron chi connectivity index (χ0n) is 23.2. The van der Waals surface area contributed by atoms with E-state index in [1.54, 1.807) is 6.07 Å². The molecule has 12 heteroatoms. The molecule has 6 rings (SSSR count). The van der Waals surface area contributed by atoms with Crippen molar-refractivity contribution in [2.45, 2.75) is 101 Å². The van der Waals surface area contributed by atoms with Crippen molar-refractivity contribution < 1.29 is 17.9 Å². The molecule has 1 aromatic heterocycles. The molecule has 39 heavy (non-hydrogen) atoms. The first-order valence-electron chi connectivity index (χ1n) is 14.8.